The molecule has 6 N–H and O–H groups in total. The first-order chi connectivity index (χ1) is 33.0. The van der Waals surface area contributed by atoms with E-state index in [0.29, 0.717) is 45.0 Å². The third-order valence-electron chi connectivity index (χ3n) is 15.0. The highest BCUT2D eigenvalue weighted by Gasteiger charge is 2.76. The van der Waals surface area contributed by atoms with Crippen molar-refractivity contribution < 1.29 is 70.8 Å². The second-order valence-corrected chi connectivity index (χ2v) is 21.7. The predicted molar refractivity (Wildman–Crippen MR) is 256 cm³/mol. The summed E-state index contributed by atoms with van der Waals surface area (Å²) in [4.78, 5) is 76.8. The van der Waals surface area contributed by atoms with Crippen LogP contribution in [0.2, 0.25) is 0 Å². The maximum atomic E-state index is 16.7. The zero-order valence-corrected chi connectivity index (χ0v) is 42.1. The zero-order valence-electron chi connectivity index (χ0n) is 39.1. The number of rotatable bonds is 17. The van der Waals surface area contributed by atoms with E-state index in [1.807, 2.05) is 19.9 Å². The summed E-state index contributed by atoms with van der Waals surface area (Å²) in [7, 11) is 0.705. The average molecular weight is 1110 g/mol. The minimum absolute atomic E-state index is 0.0187. The standard InChI is InChI=1S/C49H57F4IN4O11S/c1-24-9-12-34(67-23-27-7-6-8-29(17-27)58-43(65)26(3)57-42(64)25(2)56-38(63)14-16-55-44(66)35(70-54)21-48(51,52)53)41(50)39(24)45-68-37-19-32-31-11-10-28-18-30(60)13-15-46(28,4)40(31)33(61)20-47(32,5)49(37,69-45)36(62)22-59/h6-9,12-13,15,17-18,25-26,31-33,35,37,40,45,59,61H,10-11,14,16,19-23H2,1-5H3,(H,55,66)(H,56,63)(H,57,64)(H,58,65)/t25?,26?,31-,32-,33-,35?,37+,40+,45-,46-,47-,49+/m0/s1. The van der Waals surface area contributed by atoms with Gasteiger partial charge in [0.1, 0.15) is 30.5 Å². The van der Waals surface area contributed by atoms with E-state index in [1.54, 1.807) is 70.6 Å². The summed E-state index contributed by atoms with van der Waals surface area (Å²) in [5.74, 6) is -4.89. The molecule has 2 aromatic carbocycles. The summed E-state index contributed by atoms with van der Waals surface area (Å²) in [6, 6.07) is 7.41. The van der Waals surface area contributed by atoms with Crippen molar-refractivity contribution in [3.8, 4) is 5.75 Å². The fraction of sp³-hybridized carbons (Fsp3) is 0.551. The molecule has 1 aliphatic heterocycles. The lowest BCUT2D eigenvalue weighted by molar-refractivity contribution is -0.201. The number of amides is 4. The summed E-state index contributed by atoms with van der Waals surface area (Å²) < 4.78 is 74.1. The van der Waals surface area contributed by atoms with Gasteiger partial charge in [-0.25, -0.2) is 4.39 Å². The average Bonchev–Trinajstić information content (AvgIpc) is 3.79. The molecule has 4 fully saturated rings. The van der Waals surface area contributed by atoms with Gasteiger partial charge in [0.25, 0.3) is 0 Å². The van der Waals surface area contributed by atoms with Gasteiger partial charge in [0.2, 0.25) is 23.6 Å². The Balaban J connectivity index is 0.949. The van der Waals surface area contributed by atoms with Crippen LogP contribution < -0.4 is 26.0 Å². The van der Waals surface area contributed by atoms with Crippen LogP contribution in [0.4, 0.5) is 23.2 Å². The van der Waals surface area contributed by atoms with Crippen molar-refractivity contribution >= 4 is 71.0 Å². The van der Waals surface area contributed by atoms with Gasteiger partial charge in [-0.15, -0.1) is 0 Å². The number of hydrogen-bond acceptors (Lipinski definition) is 12. The quantitative estimate of drug-likeness (QED) is 0.0774. The lowest BCUT2D eigenvalue weighted by Gasteiger charge is -2.59. The van der Waals surface area contributed by atoms with Crippen LogP contribution in [0.25, 0.3) is 0 Å². The number of aliphatic hydroxyl groups excluding tert-OH is 2. The van der Waals surface area contributed by atoms with E-state index in [-0.39, 0.29) is 60.8 Å². The highest BCUT2D eigenvalue weighted by atomic mass is 127. The number of benzene rings is 2. The number of ether oxygens (including phenoxy) is 3. The summed E-state index contributed by atoms with van der Waals surface area (Å²) in [5, 5.41) is 30.9. The Labute approximate surface area is 418 Å². The number of ketones is 2. The van der Waals surface area contributed by atoms with E-state index in [4.69, 9.17) is 14.2 Å². The molecule has 21 heteroatoms. The van der Waals surface area contributed by atoms with Gasteiger partial charge < -0.3 is 45.7 Å². The summed E-state index contributed by atoms with van der Waals surface area (Å²) in [6.45, 7) is 7.16. The molecule has 380 valence electrons. The van der Waals surface area contributed by atoms with Crippen molar-refractivity contribution in [3.63, 3.8) is 0 Å². The van der Waals surface area contributed by atoms with Crippen LogP contribution in [0.15, 0.2) is 60.2 Å². The minimum atomic E-state index is -4.54. The third-order valence-corrected chi connectivity index (χ3v) is 17.4. The fourth-order valence-corrected chi connectivity index (χ4v) is 13.3. The largest absolute Gasteiger partial charge is 0.486 e. The van der Waals surface area contributed by atoms with Crippen molar-refractivity contribution in [1.82, 2.24) is 16.0 Å². The van der Waals surface area contributed by atoms with E-state index in [9.17, 15) is 52.2 Å². The van der Waals surface area contributed by atoms with Crippen LogP contribution in [0, 0.1) is 41.3 Å². The number of Topliss-reactive ketones (excluding diaryl/α,β-unsaturated/α-hetero) is 1. The smallest absolute Gasteiger partial charge is 0.390 e. The van der Waals surface area contributed by atoms with Crippen molar-refractivity contribution in [2.45, 2.75) is 127 Å². The van der Waals surface area contributed by atoms with E-state index in [2.05, 4.69) is 21.3 Å². The Morgan fingerprint density at radius 1 is 1.04 bits per heavy atom. The molecule has 3 saturated carbocycles. The predicted octanol–water partition coefficient (Wildman–Crippen LogP) is 6.17. The number of anilines is 1. The molecule has 4 amide bonds. The van der Waals surface area contributed by atoms with E-state index in [0.717, 1.165) is 5.57 Å². The first-order valence-electron chi connectivity index (χ1n) is 23.1. The molecule has 0 radical (unpaired) electrons. The van der Waals surface area contributed by atoms with E-state index in [1.165, 1.54) is 19.9 Å². The van der Waals surface area contributed by atoms with Gasteiger partial charge in [-0.05, 0) is 121 Å². The second-order valence-electron chi connectivity index (χ2n) is 19.4. The van der Waals surface area contributed by atoms with Crippen LogP contribution in [-0.2, 0) is 44.8 Å². The third kappa shape index (κ3) is 10.4. The number of allylic oxidation sites excluding steroid dienone is 4. The highest BCUT2D eigenvalue weighted by molar-refractivity contribution is 14.2. The van der Waals surface area contributed by atoms with Gasteiger partial charge in [-0.2, -0.15) is 13.2 Å². The Morgan fingerprint density at radius 3 is 2.47 bits per heavy atom. The van der Waals surface area contributed by atoms with Crippen molar-refractivity contribution in [3.05, 3.63) is 82.7 Å². The van der Waals surface area contributed by atoms with E-state index < -0.39 is 107 Å². The van der Waals surface area contributed by atoms with Crippen molar-refractivity contribution in [2.75, 3.05) is 18.5 Å². The van der Waals surface area contributed by atoms with Gasteiger partial charge in [0.05, 0.1) is 24.2 Å². The number of alkyl halides is 3. The molecule has 0 spiro atoms. The van der Waals surface area contributed by atoms with Gasteiger partial charge in [-0.1, -0.05) is 52.6 Å². The maximum absolute atomic E-state index is 16.7. The summed E-state index contributed by atoms with van der Waals surface area (Å²) >= 11 is 1.60. The number of nitrogens with one attached hydrogen (secondary N) is 4. The molecule has 70 heavy (non-hydrogen) atoms. The number of fused-ring (bicyclic) bond motifs is 7. The van der Waals surface area contributed by atoms with Crippen molar-refractivity contribution in [1.29, 1.82) is 0 Å². The Morgan fingerprint density at radius 2 is 1.77 bits per heavy atom. The normalized spacial score (nSPS) is 30.1. The SMILES string of the molecule is Cc1ccc(OCc2cccc(NC(=O)C(C)NC(=O)C(C)NC(=O)CCNC(=O)C(CC(F)(F)F)SI)c2)c(F)c1[C@H]1O[C@@H]2C[C@H]3[C@@H]4CCC5=CC(=O)C=C[C@]5(C)[C@H]4[C@@H](O)C[C@]3(C)[C@]2(C(=O)CO)O1. The van der Waals surface area contributed by atoms with Crippen LogP contribution in [-0.4, -0.2) is 99.9 Å². The van der Waals surface area contributed by atoms with Gasteiger partial charge >= 0.3 is 6.18 Å². The molecular weight excluding hydrogens is 1060 g/mol. The molecular formula is C49H57F4IN4O11S. The second kappa shape index (κ2) is 21.0. The zero-order chi connectivity index (χ0) is 51.1. The summed E-state index contributed by atoms with van der Waals surface area (Å²) in [6.07, 6.45) is -2.27. The molecule has 3 unspecified atom stereocenters. The molecule has 0 aromatic heterocycles. The number of carbonyl (C=O) groups excluding carboxylic acids is 6. The first-order valence-corrected chi connectivity index (χ1v) is 26.5. The molecule has 0 bridgehead atoms. The Kier molecular flexibility index (Phi) is 16.0. The Bertz CT molecular complexity index is 2480. The van der Waals surface area contributed by atoms with Crippen LogP contribution >= 0.6 is 30.1 Å². The monoisotopic (exact) mass is 1110 g/mol. The topological polar surface area (TPSA) is 219 Å². The molecule has 15 nitrogen and oxygen atoms in total. The van der Waals surface area contributed by atoms with E-state index >= 15 is 4.39 Å². The number of aliphatic hydroxyl groups is 2. The molecule has 2 aromatic rings. The number of hydrogen-bond donors (Lipinski definition) is 6. The molecule has 1 saturated heterocycles. The fourth-order valence-electron chi connectivity index (χ4n) is 11.6. The molecule has 5 aliphatic rings. The lowest BCUT2D eigenvalue weighted by atomic mass is 9.46. The van der Waals surface area contributed by atoms with Gasteiger partial charge in [0.15, 0.2) is 35.0 Å². The first kappa shape index (κ1) is 53.4. The van der Waals surface area contributed by atoms with Crippen LogP contribution in [0.5, 0.6) is 5.75 Å². The molecule has 12 atom stereocenters. The molecule has 1 heterocycles. The van der Waals surface area contributed by atoms with Crippen molar-refractivity contribution in [2.24, 2.45) is 28.6 Å². The molecule has 7 rings (SSSR count). The molecule has 4 aliphatic carbocycles. The summed E-state index contributed by atoms with van der Waals surface area (Å²) in [5.41, 5.74) is -0.911. The van der Waals surface area contributed by atoms with Gasteiger partial charge in [-0.3, -0.25) is 28.8 Å². The van der Waals surface area contributed by atoms with Crippen LogP contribution in [0.3, 0.4) is 0 Å². The lowest BCUT2D eigenvalue weighted by Crippen LogP contribution is -2.63. The number of carbonyl (C=O) groups is 6. The number of halogens is 5. The number of aryl methyl sites for hydroxylation is 1. The highest BCUT2D eigenvalue weighted by Crippen LogP contribution is 2.70. The maximum Gasteiger partial charge on any atom is 0.390 e. The minimum Gasteiger partial charge on any atom is -0.486 e. The van der Waals surface area contributed by atoms with Gasteiger partial charge in [0, 0.05) is 35.4 Å². The van der Waals surface area contributed by atoms with Crippen LogP contribution in [0.1, 0.15) is 89.2 Å². The Hall–Kier alpha value is -4.42.